The number of hydrogen-bond acceptors (Lipinski definition) is 5. The van der Waals surface area contributed by atoms with Crippen molar-refractivity contribution < 1.29 is 17.9 Å². The summed E-state index contributed by atoms with van der Waals surface area (Å²) in [5.41, 5.74) is 1.71. The highest BCUT2D eigenvalue weighted by Gasteiger charge is 2.33. The third kappa shape index (κ3) is 2.81. The van der Waals surface area contributed by atoms with Gasteiger partial charge in [-0.1, -0.05) is 0 Å². The minimum absolute atomic E-state index is 0.137. The third-order valence-electron chi connectivity index (χ3n) is 3.42. The molecule has 1 aromatic rings. The van der Waals surface area contributed by atoms with Gasteiger partial charge in [0.15, 0.2) is 5.69 Å². The molecule has 0 radical (unpaired) electrons. The second-order valence-corrected chi connectivity index (χ2v) is 7.13. The Bertz CT molecular complexity index is 650. The quantitative estimate of drug-likeness (QED) is 0.716. The monoisotopic (exact) mass is 316 g/mol. The fourth-order valence-electron chi connectivity index (χ4n) is 2.36. The van der Waals surface area contributed by atoms with Crippen molar-refractivity contribution >= 4 is 16.2 Å². The standard InChI is InChI=1S/C12H20N4O4S/c1-5-20-12(17)11-9-8-16(21(18,19)14(2)3)7-6-10(9)13-15(11)4/h5-8H2,1-4H3. The van der Waals surface area contributed by atoms with Gasteiger partial charge < -0.3 is 4.74 Å². The van der Waals surface area contributed by atoms with Crippen LogP contribution in [0.25, 0.3) is 0 Å². The summed E-state index contributed by atoms with van der Waals surface area (Å²) in [6, 6.07) is 0. The number of fused-ring (bicyclic) bond motifs is 1. The zero-order valence-corrected chi connectivity index (χ0v) is 13.5. The van der Waals surface area contributed by atoms with Crippen LogP contribution in [-0.2, 0) is 35.0 Å². The molecular formula is C12H20N4O4S. The van der Waals surface area contributed by atoms with Gasteiger partial charge >= 0.3 is 5.97 Å². The molecule has 1 aliphatic heterocycles. The normalized spacial score (nSPS) is 16.0. The molecular weight excluding hydrogens is 296 g/mol. The third-order valence-corrected chi connectivity index (χ3v) is 5.30. The second kappa shape index (κ2) is 5.74. The van der Waals surface area contributed by atoms with Gasteiger partial charge in [-0.05, 0) is 6.92 Å². The number of hydrogen-bond donors (Lipinski definition) is 0. The van der Waals surface area contributed by atoms with E-state index in [1.807, 2.05) is 0 Å². The van der Waals surface area contributed by atoms with Gasteiger partial charge in [0.1, 0.15) is 0 Å². The summed E-state index contributed by atoms with van der Waals surface area (Å²) >= 11 is 0. The Morgan fingerprint density at radius 3 is 2.67 bits per heavy atom. The van der Waals surface area contributed by atoms with Gasteiger partial charge in [-0.3, -0.25) is 4.68 Å². The van der Waals surface area contributed by atoms with Crippen LogP contribution in [0.15, 0.2) is 0 Å². The highest BCUT2D eigenvalue weighted by atomic mass is 32.2. The van der Waals surface area contributed by atoms with Crippen LogP contribution >= 0.6 is 0 Å². The number of carbonyl (C=O) groups excluding carboxylic acids is 1. The lowest BCUT2D eigenvalue weighted by Gasteiger charge is -2.28. The SMILES string of the molecule is CCOC(=O)c1c2c(nn1C)CCN(S(=O)(=O)N(C)C)C2. The Labute approximate surface area is 124 Å². The number of aryl methyl sites for hydroxylation is 1. The Balaban J connectivity index is 2.38. The molecule has 0 aliphatic carbocycles. The average molecular weight is 316 g/mol. The van der Waals surface area contributed by atoms with Crippen molar-refractivity contribution in [3.63, 3.8) is 0 Å². The molecule has 0 bridgehead atoms. The van der Waals surface area contributed by atoms with Crippen LogP contribution in [0.4, 0.5) is 0 Å². The van der Waals surface area contributed by atoms with E-state index in [4.69, 9.17) is 4.74 Å². The van der Waals surface area contributed by atoms with Gasteiger partial charge in [-0.2, -0.15) is 22.1 Å². The molecule has 0 unspecified atom stereocenters. The number of ether oxygens (including phenoxy) is 1. The highest BCUT2D eigenvalue weighted by Crippen LogP contribution is 2.25. The summed E-state index contributed by atoms with van der Waals surface area (Å²) in [4.78, 5) is 12.0. The molecule has 0 N–H and O–H groups in total. The van der Waals surface area contributed by atoms with E-state index in [-0.39, 0.29) is 13.2 Å². The van der Waals surface area contributed by atoms with E-state index in [0.29, 0.717) is 24.2 Å². The number of rotatable bonds is 4. The summed E-state index contributed by atoms with van der Waals surface area (Å²) in [7, 11) is 1.12. The molecule has 0 aromatic carbocycles. The van der Waals surface area contributed by atoms with E-state index in [1.54, 1.807) is 14.0 Å². The highest BCUT2D eigenvalue weighted by molar-refractivity contribution is 7.86. The molecule has 1 aliphatic rings. The predicted octanol–water partition coefficient (Wildman–Crippen LogP) is -0.239. The van der Waals surface area contributed by atoms with Crippen LogP contribution < -0.4 is 0 Å². The molecule has 0 fully saturated rings. The molecule has 0 atom stereocenters. The van der Waals surface area contributed by atoms with Gasteiger partial charge in [-0.15, -0.1) is 0 Å². The van der Waals surface area contributed by atoms with Crippen LogP contribution in [0.1, 0.15) is 28.7 Å². The maximum atomic E-state index is 12.2. The average Bonchev–Trinajstić information content (AvgIpc) is 2.73. The lowest BCUT2D eigenvalue weighted by molar-refractivity contribution is 0.0511. The van der Waals surface area contributed by atoms with E-state index in [9.17, 15) is 13.2 Å². The summed E-state index contributed by atoms with van der Waals surface area (Å²) in [6.45, 7) is 2.48. The Hall–Kier alpha value is -1.45. The first-order valence-corrected chi connectivity index (χ1v) is 8.08. The van der Waals surface area contributed by atoms with Crippen LogP contribution in [0.2, 0.25) is 0 Å². The zero-order chi connectivity index (χ0) is 15.8. The van der Waals surface area contributed by atoms with E-state index in [0.717, 1.165) is 5.69 Å². The molecule has 118 valence electrons. The molecule has 9 heteroatoms. The van der Waals surface area contributed by atoms with Crippen molar-refractivity contribution in [1.29, 1.82) is 0 Å². The number of carbonyl (C=O) groups is 1. The van der Waals surface area contributed by atoms with Crippen LogP contribution in [-0.4, -0.2) is 60.0 Å². The van der Waals surface area contributed by atoms with Crippen molar-refractivity contribution in [2.75, 3.05) is 27.2 Å². The van der Waals surface area contributed by atoms with E-state index in [1.165, 1.54) is 27.4 Å². The predicted molar refractivity (Wildman–Crippen MR) is 75.9 cm³/mol. The summed E-state index contributed by atoms with van der Waals surface area (Å²) < 4.78 is 33.4. The molecule has 0 saturated carbocycles. The van der Waals surface area contributed by atoms with Gasteiger partial charge in [0.2, 0.25) is 0 Å². The molecule has 0 saturated heterocycles. The summed E-state index contributed by atoms with van der Waals surface area (Å²) in [6.07, 6.45) is 0.482. The van der Waals surface area contributed by atoms with Crippen molar-refractivity contribution in [3.8, 4) is 0 Å². The van der Waals surface area contributed by atoms with Gasteiger partial charge in [0.05, 0.1) is 12.3 Å². The van der Waals surface area contributed by atoms with E-state index >= 15 is 0 Å². The fraction of sp³-hybridized carbons (Fsp3) is 0.667. The van der Waals surface area contributed by atoms with Crippen LogP contribution in [0.3, 0.4) is 0 Å². The largest absolute Gasteiger partial charge is 0.461 e. The van der Waals surface area contributed by atoms with Gasteiger partial charge in [0, 0.05) is 46.2 Å². The Kier molecular flexibility index (Phi) is 4.35. The minimum Gasteiger partial charge on any atom is -0.461 e. The molecule has 2 heterocycles. The van der Waals surface area contributed by atoms with Crippen molar-refractivity contribution in [3.05, 3.63) is 17.0 Å². The molecule has 8 nitrogen and oxygen atoms in total. The van der Waals surface area contributed by atoms with Crippen molar-refractivity contribution in [2.24, 2.45) is 7.05 Å². The van der Waals surface area contributed by atoms with Crippen LogP contribution in [0.5, 0.6) is 0 Å². The topological polar surface area (TPSA) is 84.7 Å². The first kappa shape index (κ1) is 15.9. The molecule has 0 amide bonds. The van der Waals surface area contributed by atoms with Gasteiger partial charge in [-0.25, -0.2) is 4.79 Å². The second-order valence-electron chi connectivity index (χ2n) is 4.99. The minimum atomic E-state index is -3.51. The van der Waals surface area contributed by atoms with Gasteiger partial charge in [0.25, 0.3) is 10.2 Å². The van der Waals surface area contributed by atoms with Crippen molar-refractivity contribution in [1.82, 2.24) is 18.4 Å². The Morgan fingerprint density at radius 1 is 1.43 bits per heavy atom. The molecule has 2 rings (SSSR count). The summed E-state index contributed by atoms with van der Waals surface area (Å²) in [5.74, 6) is -0.474. The number of nitrogens with zero attached hydrogens (tertiary/aromatic N) is 4. The molecule has 0 spiro atoms. The number of esters is 1. The fourth-order valence-corrected chi connectivity index (χ4v) is 3.44. The maximum Gasteiger partial charge on any atom is 0.356 e. The zero-order valence-electron chi connectivity index (χ0n) is 12.7. The number of aromatic nitrogens is 2. The Morgan fingerprint density at radius 2 is 2.10 bits per heavy atom. The molecule has 1 aromatic heterocycles. The van der Waals surface area contributed by atoms with E-state index in [2.05, 4.69) is 5.10 Å². The lowest BCUT2D eigenvalue weighted by Crippen LogP contribution is -2.42. The van der Waals surface area contributed by atoms with Crippen molar-refractivity contribution in [2.45, 2.75) is 19.9 Å². The van der Waals surface area contributed by atoms with E-state index < -0.39 is 16.2 Å². The van der Waals surface area contributed by atoms with Crippen LogP contribution in [0, 0.1) is 0 Å². The first-order valence-electron chi connectivity index (χ1n) is 6.68. The first-order chi connectivity index (χ1) is 9.78. The smallest absolute Gasteiger partial charge is 0.356 e. The summed E-state index contributed by atoms with van der Waals surface area (Å²) in [5, 5.41) is 4.30. The lowest BCUT2D eigenvalue weighted by atomic mass is 10.1. The maximum absolute atomic E-state index is 12.2. The molecule has 21 heavy (non-hydrogen) atoms.